The van der Waals surface area contributed by atoms with Crippen LogP contribution in [0, 0.1) is 9.39 Å². The topological polar surface area (TPSA) is 40.5 Å². The minimum atomic E-state index is -0.895. The molecule has 4 heteroatoms. The zero-order valence-corrected chi connectivity index (χ0v) is 8.54. The van der Waals surface area contributed by atoms with Gasteiger partial charge in [-0.15, -0.1) is 0 Å². The number of rotatable bonds is 1. The SMILES string of the molecule is CC(O)c1cc(O)c(I)cc1F. The number of aliphatic hydroxyl groups excluding tert-OH is 1. The summed E-state index contributed by atoms with van der Waals surface area (Å²) in [5.41, 5.74) is 0.118. The molecule has 1 atom stereocenters. The molecule has 2 N–H and O–H groups in total. The first-order chi connectivity index (χ1) is 5.52. The smallest absolute Gasteiger partial charge is 0.130 e. The van der Waals surface area contributed by atoms with Crippen LogP contribution in [0.25, 0.3) is 0 Å². The van der Waals surface area contributed by atoms with Gasteiger partial charge in [0.25, 0.3) is 0 Å². The summed E-state index contributed by atoms with van der Waals surface area (Å²) in [5, 5.41) is 18.3. The molecule has 12 heavy (non-hydrogen) atoms. The highest BCUT2D eigenvalue weighted by molar-refractivity contribution is 14.1. The lowest BCUT2D eigenvalue weighted by Gasteiger charge is -2.07. The first-order valence-corrected chi connectivity index (χ1v) is 4.46. The molecule has 0 aliphatic rings. The molecule has 1 rings (SSSR count). The molecule has 0 amide bonds. The highest BCUT2D eigenvalue weighted by Crippen LogP contribution is 2.26. The van der Waals surface area contributed by atoms with Crippen molar-refractivity contribution in [3.63, 3.8) is 0 Å². The Morgan fingerprint density at radius 2 is 2.08 bits per heavy atom. The third kappa shape index (κ3) is 1.87. The van der Waals surface area contributed by atoms with Gasteiger partial charge in [-0.05, 0) is 41.6 Å². The summed E-state index contributed by atoms with van der Waals surface area (Å²) >= 11 is 1.82. The molecule has 0 saturated heterocycles. The van der Waals surface area contributed by atoms with E-state index >= 15 is 0 Å². The van der Waals surface area contributed by atoms with Crippen LogP contribution in [-0.2, 0) is 0 Å². The summed E-state index contributed by atoms with van der Waals surface area (Å²) in [4.78, 5) is 0. The number of hydrogen-bond donors (Lipinski definition) is 2. The summed E-state index contributed by atoms with van der Waals surface area (Å²) < 4.78 is 13.4. The maximum Gasteiger partial charge on any atom is 0.130 e. The van der Waals surface area contributed by atoms with Crippen molar-refractivity contribution in [1.29, 1.82) is 0 Å². The minimum Gasteiger partial charge on any atom is -0.507 e. The molecule has 1 aromatic carbocycles. The van der Waals surface area contributed by atoms with E-state index in [1.165, 1.54) is 19.1 Å². The molecule has 0 saturated carbocycles. The lowest BCUT2D eigenvalue weighted by atomic mass is 10.1. The zero-order chi connectivity index (χ0) is 9.30. The molecular weight excluding hydrogens is 274 g/mol. The summed E-state index contributed by atoms with van der Waals surface area (Å²) in [6, 6.07) is 2.43. The van der Waals surface area contributed by atoms with Gasteiger partial charge in [0.15, 0.2) is 0 Å². The molecule has 1 unspecified atom stereocenters. The lowest BCUT2D eigenvalue weighted by molar-refractivity contribution is 0.193. The Balaban J connectivity index is 3.23. The molecule has 0 heterocycles. The van der Waals surface area contributed by atoms with E-state index in [0.717, 1.165) is 0 Å². The third-order valence-electron chi connectivity index (χ3n) is 1.52. The number of phenols is 1. The van der Waals surface area contributed by atoms with Crippen molar-refractivity contribution >= 4 is 22.6 Å². The fourth-order valence-electron chi connectivity index (χ4n) is 0.874. The monoisotopic (exact) mass is 282 g/mol. The second-order valence-electron chi connectivity index (χ2n) is 2.50. The maximum absolute atomic E-state index is 13.0. The van der Waals surface area contributed by atoms with Crippen LogP contribution in [0.3, 0.4) is 0 Å². The van der Waals surface area contributed by atoms with Crippen LogP contribution in [0.2, 0.25) is 0 Å². The normalized spacial score (nSPS) is 13.0. The van der Waals surface area contributed by atoms with Gasteiger partial charge in [0.1, 0.15) is 11.6 Å². The minimum absolute atomic E-state index is 0.00657. The Hall–Kier alpha value is -0.360. The highest BCUT2D eigenvalue weighted by Gasteiger charge is 2.11. The Morgan fingerprint density at radius 3 is 2.58 bits per heavy atom. The van der Waals surface area contributed by atoms with Crippen molar-refractivity contribution in [2.24, 2.45) is 0 Å². The molecule has 2 nitrogen and oxygen atoms in total. The van der Waals surface area contributed by atoms with Gasteiger partial charge in [0.05, 0.1) is 9.67 Å². The predicted molar refractivity (Wildman–Crippen MR) is 51.4 cm³/mol. The summed E-state index contributed by atoms with van der Waals surface area (Å²) in [5.74, 6) is -0.500. The van der Waals surface area contributed by atoms with Gasteiger partial charge in [0, 0.05) is 5.56 Å². The van der Waals surface area contributed by atoms with Crippen molar-refractivity contribution in [3.8, 4) is 5.75 Å². The average molecular weight is 282 g/mol. The quantitative estimate of drug-likeness (QED) is 0.775. The van der Waals surface area contributed by atoms with Crippen LogP contribution in [-0.4, -0.2) is 10.2 Å². The van der Waals surface area contributed by atoms with E-state index in [9.17, 15) is 9.50 Å². The van der Waals surface area contributed by atoms with E-state index in [2.05, 4.69) is 0 Å². The molecular formula is C8H8FIO2. The van der Waals surface area contributed by atoms with Crippen LogP contribution in [0.1, 0.15) is 18.6 Å². The number of halogens is 2. The van der Waals surface area contributed by atoms with Crippen LogP contribution in [0.4, 0.5) is 4.39 Å². The van der Waals surface area contributed by atoms with Crippen molar-refractivity contribution in [1.82, 2.24) is 0 Å². The number of benzene rings is 1. The molecule has 0 radical (unpaired) electrons. The zero-order valence-electron chi connectivity index (χ0n) is 6.38. The Morgan fingerprint density at radius 1 is 1.50 bits per heavy atom. The first kappa shape index (κ1) is 9.73. The van der Waals surface area contributed by atoms with Crippen LogP contribution < -0.4 is 0 Å². The first-order valence-electron chi connectivity index (χ1n) is 3.38. The molecule has 0 aliphatic heterocycles. The van der Waals surface area contributed by atoms with Crippen molar-refractivity contribution in [2.75, 3.05) is 0 Å². The standard InChI is InChI=1S/C8H8FIO2/c1-4(11)5-2-8(12)7(10)3-6(5)9/h2-4,11-12H,1H3. The van der Waals surface area contributed by atoms with Gasteiger partial charge in [-0.25, -0.2) is 4.39 Å². The molecule has 0 bridgehead atoms. The molecule has 0 aromatic heterocycles. The van der Waals surface area contributed by atoms with Gasteiger partial charge < -0.3 is 10.2 Å². The van der Waals surface area contributed by atoms with E-state index in [0.29, 0.717) is 3.57 Å². The highest BCUT2D eigenvalue weighted by atomic mass is 127. The molecule has 1 aromatic rings. The van der Waals surface area contributed by atoms with Gasteiger partial charge in [-0.2, -0.15) is 0 Å². The summed E-state index contributed by atoms with van der Waals surface area (Å²) in [6.45, 7) is 1.45. The van der Waals surface area contributed by atoms with Gasteiger partial charge in [-0.3, -0.25) is 0 Å². The third-order valence-corrected chi connectivity index (χ3v) is 2.38. The number of hydrogen-bond acceptors (Lipinski definition) is 2. The fourth-order valence-corrected chi connectivity index (χ4v) is 1.30. The number of aromatic hydroxyl groups is 1. The Kier molecular flexibility index (Phi) is 2.89. The summed E-state index contributed by atoms with van der Waals surface area (Å²) in [7, 11) is 0. The van der Waals surface area contributed by atoms with E-state index in [4.69, 9.17) is 5.11 Å². The van der Waals surface area contributed by atoms with Crippen LogP contribution in [0.5, 0.6) is 5.75 Å². The fraction of sp³-hybridized carbons (Fsp3) is 0.250. The van der Waals surface area contributed by atoms with E-state index < -0.39 is 11.9 Å². The van der Waals surface area contributed by atoms with E-state index in [-0.39, 0.29) is 11.3 Å². The van der Waals surface area contributed by atoms with Crippen LogP contribution >= 0.6 is 22.6 Å². The average Bonchev–Trinajstić information content (AvgIpc) is 1.96. The number of phenolic OH excluding ortho intramolecular Hbond substituents is 1. The Labute approximate surface area is 83.2 Å². The van der Waals surface area contributed by atoms with Crippen molar-refractivity contribution < 1.29 is 14.6 Å². The van der Waals surface area contributed by atoms with Crippen molar-refractivity contribution in [3.05, 3.63) is 27.1 Å². The predicted octanol–water partition coefficient (Wildman–Crippen LogP) is 2.19. The largest absolute Gasteiger partial charge is 0.507 e. The molecule has 0 aliphatic carbocycles. The van der Waals surface area contributed by atoms with E-state index in [1.807, 2.05) is 22.6 Å². The molecule has 66 valence electrons. The lowest BCUT2D eigenvalue weighted by Crippen LogP contribution is -1.96. The van der Waals surface area contributed by atoms with Gasteiger partial charge in [0.2, 0.25) is 0 Å². The molecule has 0 spiro atoms. The van der Waals surface area contributed by atoms with Gasteiger partial charge >= 0.3 is 0 Å². The van der Waals surface area contributed by atoms with E-state index in [1.54, 1.807) is 0 Å². The van der Waals surface area contributed by atoms with Crippen molar-refractivity contribution in [2.45, 2.75) is 13.0 Å². The second kappa shape index (κ2) is 3.57. The molecule has 0 fully saturated rings. The second-order valence-corrected chi connectivity index (χ2v) is 3.66. The maximum atomic E-state index is 13.0. The van der Waals surface area contributed by atoms with Crippen LogP contribution in [0.15, 0.2) is 12.1 Å². The summed E-state index contributed by atoms with van der Waals surface area (Å²) in [6.07, 6.45) is -0.895. The van der Waals surface area contributed by atoms with Gasteiger partial charge in [-0.1, -0.05) is 0 Å². The number of aliphatic hydroxyl groups is 1. The Bertz CT molecular complexity index is 299.